The van der Waals surface area contributed by atoms with Crippen LogP contribution in [0.2, 0.25) is 0 Å². The zero-order valence-electron chi connectivity index (χ0n) is 9.98. The topological polar surface area (TPSA) is 35.2 Å². The highest BCUT2D eigenvalue weighted by Gasteiger charge is 2.03. The Balaban J connectivity index is 2.01. The quantitative estimate of drug-likeness (QED) is 0.879. The molecule has 2 rings (SSSR count). The van der Waals surface area contributed by atoms with Crippen LogP contribution in [0.15, 0.2) is 36.4 Å². The summed E-state index contributed by atoms with van der Waals surface area (Å²) in [6.45, 7) is 3.31. The van der Waals surface area contributed by atoms with Gasteiger partial charge in [0.05, 0.1) is 0 Å². The van der Waals surface area contributed by atoms with E-state index in [1.165, 1.54) is 9.75 Å². The van der Waals surface area contributed by atoms with Crippen LogP contribution in [0, 0.1) is 0 Å². The monoisotopic (exact) mass is 247 g/mol. The summed E-state index contributed by atoms with van der Waals surface area (Å²) in [6.07, 6.45) is 1.09. The van der Waals surface area contributed by atoms with Crippen molar-refractivity contribution in [3.8, 4) is 5.75 Å². The maximum Gasteiger partial charge on any atom is 0.124 e. The van der Waals surface area contributed by atoms with Crippen molar-refractivity contribution in [2.75, 3.05) is 0 Å². The number of ether oxygens (including phenoxy) is 1. The van der Waals surface area contributed by atoms with Gasteiger partial charge in [0.25, 0.3) is 0 Å². The molecule has 0 aliphatic rings. The van der Waals surface area contributed by atoms with Gasteiger partial charge in [-0.25, -0.2) is 0 Å². The Hall–Kier alpha value is -1.32. The molecule has 2 nitrogen and oxygen atoms in total. The van der Waals surface area contributed by atoms with E-state index in [0.717, 1.165) is 17.7 Å². The van der Waals surface area contributed by atoms with E-state index in [4.69, 9.17) is 10.5 Å². The van der Waals surface area contributed by atoms with Crippen LogP contribution < -0.4 is 10.5 Å². The Morgan fingerprint density at radius 3 is 2.59 bits per heavy atom. The number of hydrogen-bond acceptors (Lipinski definition) is 3. The molecule has 0 amide bonds. The Morgan fingerprint density at radius 2 is 1.88 bits per heavy atom. The van der Waals surface area contributed by atoms with E-state index in [1.54, 1.807) is 0 Å². The fourth-order valence-corrected chi connectivity index (χ4v) is 2.52. The number of rotatable bonds is 5. The van der Waals surface area contributed by atoms with Crippen LogP contribution in [-0.2, 0) is 19.6 Å². The van der Waals surface area contributed by atoms with Gasteiger partial charge in [-0.15, -0.1) is 11.3 Å². The predicted octanol–water partition coefficient (Wildman–Crippen LogP) is 3.35. The summed E-state index contributed by atoms with van der Waals surface area (Å²) >= 11 is 1.81. The van der Waals surface area contributed by atoms with E-state index < -0.39 is 0 Å². The smallest absolute Gasteiger partial charge is 0.124 e. The van der Waals surface area contributed by atoms with Crippen molar-refractivity contribution in [2.45, 2.75) is 26.5 Å². The minimum atomic E-state index is 0.515. The second-order valence-electron chi connectivity index (χ2n) is 3.82. The lowest BCUT2D eigenvalue weighted by molar-refractivity contribution is 0.306. The fourth-order valence-electron chi connectivity index (χ4n) is 1.65. The molecule has 0 radical (unpaired) electrons. The molecule has 2 N–H and O–H groups in total. The maximum absolute atomic E-state index is 5.80. The van der Waals surface area contributed by atoms with E-state index >= 15 is 0 Å². The van der Waals surface area contributed by atoms with Gasteiger partial charge in [-0.3, -0.25) is 0 Å². The Bertz CT molecular complexity index is 479. The summed E-state index contributed by atoms with van der Waals surface area (Å²) < 4.78 is 5.80. The molecule has 0 fully saturated rings. The second kappa shape index (κ2) is 5.84. The SMILES string of the molecule is CCc1ccc(COc2ccccc2CN)s1. The summed E-state index contributed by atoms with van der Waals surface area (Å²) in [7, 11) is 0. The third kappa shape index (κ3) is 3.08. The van der Waals surface area contributed by atoms with Crippen molar-refractivity contribution in [1.29, 1.82) is 0 Å². The molecule has 0 atom stereocenters. The van der Waals surface area contributed by atoms with Crippen LogP contribution >= 0.6 is 11.3 Å². The molecule has 1 aromatic carbocycles. The molecule has 0 unspecified atom stereocenters. The third-order valence-electron chi connectivity index (χ3n) is 2.63. The highest BCUT2D eigenvalue weighted by Crippen LogP contribution is 2.22. The Kier molecular flexibility index (Phi) is 4.18. The number of benzene rings is 1. The first-order valence-electron chi connectivity index (χ1n) is 5.82. The maximum atomic E-state index is 5.80. The molecule has 90 valence electrons. The first-order valence-corrected chi connectivity index (χ1v) is 6.63. The number of hydrogen-bond donors (Lipinski definition) is 1. The van der Waals surface area contributed by atoms with Crippen molar-refractivity contribution in [2.24, 2.45) is 5.73 Å². The van der Waals surface area contributed by atoms with Crippen LogP contribution in [0.25, 0.3) is 0 Å². The lowest BCUT2D eigenvalue weighted by Gasteiger charge is -2.08. The highest BCUT2D eigenvalue weighted by atomic mass is 32.1. The zero-order valence-corrected chi connectivity index (χ0v) is 10.8. The fraction of sp³-hybridized carbons (Fsp3) is 0.286. The molecule has 0 saturated carbocycles. The molecule has 0 aliphatic heterocycles. The van der Waals surface area contributed by atoms with Crippen molar-refractivity contribution < 1.29 is 4.74 Å². The predicted molar refractivity (Wildman–Crippen MR) is 72.4 cm³/mol. The average Bonchev–Trinajstić information content (AvgIpc) is 2.84. The van der Waals surface area contributed by atoms with Gasteiger partial charge in [-0.05, 0) is 24.6 Å². The molecule has 0 aliphatic carbocycles. The number of aryl methyl sites for hydroxylation is 1. The summed E-state index contributed by atoms with van der Waals surface area (Å²) in [4.78, 5) is 2.66. The van der Waals surface area contributed by atoms with Gasteiger partial charge in [0, 0.05) is 21.9 Å². The molecule has 2 aromatic rings. The normalized spacial score (nSPS) is 10.5. The first-order chi connectivity index (χ1) is 8.33. The van der Waals surface area contributed by atoms with Crippen LogP contribution in [0.3, 0.4) is 0 Å². The summed E-state index contributed by atoms with van der Waals surface area (Å²) in [5.74, 6) is 0.890. The molecule has 1 heterocycles. The number of thiophene rings is 1. The summed E-state index contributed by atoms with van der Waals surface area (Å²) in [6, 6.07) is 12.2. The van der Waals surface area contributed by atoms with E-state index in [2.05, 4.69) is 19.1 Å². The Morgan fingerprint density at radius 1 is 1.12 bits per heavy atom. The van der Waals surface area contributed by atoms with Gasteiger partial charge < -0.3 is 10.5 Å². The molecule has 0 spiro atoms. The second-order valence-corrected chi connectivity index (χ2v) is 5.07. The lowest BCUT2D eigenvalue weighted by atomic mass is 10.2. The molecule has 0 saturated heterocycles. The molecular weight excluding hydrogens is 230 g/mol. The van der Waals surface area contributed by atoms with Crippen LogP contribution in [0.5, 0.6) is 5.75 Å². The van der Waals surface area contributed by atoms with Crippen LogP contribution in [0.4, 0.5) is 0 Å². The van der Waals surface area contributed by atoms with Gasteiger partial charge >= 0.3 is 0 Å². The molecule has 17 heavy (non-hydrogen) atoms. The molecular formula is C14H17NOS. The summed E-state index contributed by atoms with van der Waals surface area (Å²) in [5, 5.41) is 0. The van der Waals surface area contributed by atoms with Gasteiger partial charge in [0.15, 0.2) is 0 Å². The van der Waals surface area contributed by atoms with Gasteiger partial charge in [0.2, 0.25) is 0 Å². The van der Waals surface area contributed by atoms with Crippen molar-refractivity contribution in [3.63, 3.8) is 0 Å². The molecule has 0 bridgehead atoms. The first kappa shape index (κ1) is 12.1. The number of nitrogens with two attached hydrogens (primary N) is 1. The van der Waals surface area contributed by atoms with Crippen LogP contribution in [0.1, 0.15) is 22.2 Å². The van der Waals surface area contributed by atoms with Gasteiger partial charge in [-0.2, -0.15) is 0 Å². The van der Waals surface area contributed by atoms with Crippen molar-refractivity contribution in [3.05, 3.63) is 51.7 Å². The van der Waals surface area contributed by atoms with E-state index in [1.807, 2.05) is 35.6 Å². The molecule has 3 heteroatoms. The average molecular weight is 247 g/mol. The summed E-state index contributed by atoms with van der Waals surface area (Å²) in [5.41, 5.74) is 6.72. The zero-order chi connectivity index (χ0) is 12.1. The Labute approximate surface area is 106 Å². The van der Waals surface area contributed by atoms with Crippen molar-refractivity contribution in [1.82, 2.24) is 0 Å². The lowest BCUT2D eigenvalue weighted by Crippen LogP contribution is -2.01. The minimum absolute atomic E-state index is 0.515. The van der Waals surface area contributed by atoms with Crippen molar-refractivity contribution >= 4 is 11.3 Å². The van der Waals surface area contributed by atoms with Gasteiger partial charge in [0.1, 0.15) is 12.4 Å². The van der Waals surface area contributed by atoms with Crippen LogP contribution in [-0.4, -0.2) is 0 Å². The molecule has 1 aromatic heterocycles. The largest absolute Gasteiger partial charge is 0.488 e. The van der Waals surface area contributed by atoms with E-state index in [9.17, 15) is 0 Å². The minimum Gasteiger partial charge on any atom is -0.488 e. The highest BCUT2D eigenvalue weighted by molar-refractivity contribution is 7.11. The van der Waals surface area contributed by atoms with E-state index in [-0.39, 0.29) is 0 Å². The number of para-hydroxylation sites is 1. The van der Waals surface area contributed by atoms with E-state index in [0.29, 0.717) is 13.2 Å². The third-order valence-corrected chi connectivity index (χ3v) is 3.83. The van der Waals surface area contributed by atoms with Gasteiger partial charge in [-0.1, -0.05) is 25.1 Å². The standard InChI is InChI=1S/C14H17NOS/c1-2-12-7-8-13(17-12)10-16-14-6-4-3-5-11(14)9-15/h3-8H,2,9-10,15H2,1H3.